The summed E-state index contributed by atoms with van der Waals surface area (Å²) in [6.45, 7) is 0. The second-order valence-corrected chi connectivity index (χ2v) is 6.90. The summed E-state index contributed by atoms with van der Waals surface area (Å²) in [5, 5.41) is 4.06. The van der Waals surface area contributed by atoms with Gasteiger partial charge >= 0.3 is 0 Å². The van der Waals surface area contributed by atoms with Crippen molar-refractivity contribution in [3.05, 3.63) is 65.5 Å². The Morgan fingerprint density at radius 2 is 1.91 bits per heavy atom. The minimum absolute atomic E-state index is 0.172. The zero-order chi connectivity index (χ0) is 15.6. The molecule has 0 atom stereocenters. The van der Waals surface area contributed by atoms with E-state index in [1.54, 1.807) is 53.5 Å². The number of anilines is 1. The van der Waals surface area contributed by atoms with Crippen LogP contribution in [-0.2, 0) is 10.0 Å². The van der Waals surface area contributed by atoms with Gasteiger partial charge < -0.3 is 0 Å². The van der Waals surface area contributed by atoms with Crippen molar-refractivity contribution < 1.29 is 8.42 Å². The maximum Gasteiger partial charge on any atom is 0.263 e. The van der Waals surface area contributed by atoms with E-state index in [1.807, 2.05) is 0 Å². The van der Waals surface area contributed by atoms with Gasteiger partial charge in [0.1, 0.15) is 4.90 Å². The zero-order valence-electron chi connectivity index (χ0n) is 11.2. The Labute approximate surface area is 136 Å². The fourth-order valence-electron chi connectivity index (χ4n) is 1.86. The Hall–Kier alpha value is -2.19. The molecule has 0 saturated heterocycles. The molecule has 3 aromatic rings. The van der Waals surface area contributed by atoms with Crippen molar-refractivity contribution in [2.75, 3.05) is 4.72 Å². The van der Waals surface area contributed by atoms with Crippen LogP contribution in [0.5, 0.6) is 0 Å². The third kappa shape index (κ3) is 3.02. The summed E-state index contributed by atoms with van der Waals surface area (Å²) < 4.78 is 29.3. The first-order valence-corrected chi connectivity index (χ1v) is 8.57. The number of sulfonamides is 1. The highest BCUT2D eigenvalue weighted by Crippen LogP contribution is 2.23. The molecule has 1 N–H and O–H groups in total. The van der Waals surface area contributed by atoms with Gasteiger partial charge in [-0.2, -0.15) is 5.10 Å². The van der Waals surface area contributed by atoms with E-state index in [-0.39, 0.29) is 4.90 Å². The monoisotopic (exact) mass is 378 g/mol. The number of benzene rings is 1. The predicted octanol–water partition coefficient (Wildman–Crippen LogP) is 2.83. The maximum absolute atomic E-state index is 12.3. The highest BCUT2D eigenvalue weighted by molar-refractivity contribution is 9.10. The molecule has 112 valence electrons. The van der Waals surface area contributed by atoms with Crippen LogP contribution in [0.25, 0.3) is 5.82 Å². The normalized spacial score (nSPS) is 11.3. The van der Waals surface area contributed by atoms with Gasteiger partial charge in [-0.25, -0.2) is 18.1 Å². The van der Waals surface area contributed by atoms with E-state index in [0.717, 1.165) is 0 Å². The van der Waals surface area contributed by atoms with E-state index < -0.39 is 10.0 Å². The van der Waals surface area contributed by atoms with Gasteiger partial charge in [0.25, 0.3) is 10.0 Å². The quantitative estimate of drug-likeness (QED) is 0.756. The second kappa shape index (κ2) is 5.90. The summed E-state index contributed by atoms with van der Waals surface area (Å²) in [6, 6.07) is 11.7. The Morgan fingerprint density at radius 3 is 2.55 bits per heavy atom. The van der Waals surface area contributed by atoms with Gasteiger partial charge in [-0.3, -0.25) is 4.72 Å². The lowest BCUT2D eigenvalue weighted by Crippen LogP contribution is -2.13. The number of pyridine rings is 1. The standard InChI is InChI=1S/C14H11BrN4O2S/c15-12-4-1-2-5-13(12)22(20,21)18-11-6-7-14(16-10-11)19-9-3-8-17-19/h1-10,18H. The number of nitrogens with zero attached hydrogens (tertiary/aromatic N) is 3. The van der Waals surface area contributed by atoms with Gasteiger partial charge in [-0.05, 0) is 46.3 Å². The first-order chi connectivity index (χ1) is 10.6. The third-order valence-electron chi connectivity index (χ3n) is 2.87. The van der Waals surface area contributed by atoms with Crippen molar-refractivity contribution in [2.24, 2.45) is 0 Å². The average Bonchev–Trinajstić information content (AvgIpc) is 3.02. The summed E-state index contributed by atoms with van der Waals surface area (Å²) in [5.74, 6) is 0.605. The molecule has 0 aliphatic heterocycles. The van der Waals surface area contributed by atoms with Crippen LogP contribution in [-0.4, -0.2) is 23.2 Å². The van der Waals surface area contributed by atoms with Crippen LogP contribution < -0.4 is 4.72 Å². The molecule has 0 unspecified atom stereocenters. The number of hydrogen-bond acceptors (Lipinski definition) is 4. The lowest BCUT2D eigenvalue weighted by atomic mass is 10.4. The largest absolute Gasteiger partial charge is 0.278 e. The van der Waals surface area contributed by atoms with Gasteiger partial charge in [0.15, 0.2) is 5.82 Å². The Morgan fingerprint density at radius 1 is 1.09 bits per heavy atom. The molecule has 0 amide bonds. The summed E-state index contributed by atoms with van der Waals surface area (Å²) in [6.07, 6.45) is 4.85. The molecule has 2 aromatic heterocycles. The molecule has 0 spiro atoms. The van der Waals surface area contributed by atoms with E-state index >= 15 is 0 Å². The Balaban J connectivity index is 1.86. The van der Waals surface area contributed by atoms with Crippen LogP contribution >= 0.6 is 15.9 Å². The summed E-state index contributed by atoms with van der Waals surface area (Å²) >= 11 is 3.24. The summed E-state index contributed by atoms with van der Waals surface area (Å²) in [7, 11) is -3.67. The van der Waals surface area contributed by atoms with Crippen LogP contribution in [0, 0.1) is 0 Å². The van der Waals surface area contributed by atoms with Gasteiger partial charge in [0, 0.05) is 16.9 Å². The Bertz CT molecular complexity index is 877. The van der Waals surface area contributed by atoms with Crippen LogP contribution in [0.15, 0.2) is 70.4 Å². The highest BCUT2D eigenvalue weighted by Gasteiger charge is 2.17. The van der Waals surface area contributed by atoms with Crippen LogP contribution in [0.3, 0.4) is 0 Å². The topological polar surface area (TPSA) is 76.9 Å². The average molecular weight is 379 g/mol. The fourth-order valence-corrected chi connectivity index (χ4v) is 3.91. The highest BCUT2D eigenvalue weighted by atomic mass is 79.9. The number of aromatic nitrogens is 3. The lowest BCUT2D eigenvalue weighted by Gasteiger charge is -2.09. The molecule has 0 fully saturated rings. The number of rotatable bonds is 4. The van der Waals surface area contributed by atoms with Crippen molar-refractivity contribution in [3.63, 3.8) is 0 Å². The summed E-state index contributed by atoms with van der Waals surface area (Å²) in [4.78, 5) is 4.36. The van der Waals surface area contributed by atoms with E-state index in [1.165, 1.54) is 12.3 Å². The molecular formula is C14H11BrN4O2S. The minimum atomic E-state index is -3.67. The maximum atomic E-state index is 12.3. The van der Waals surface area contributed by atoms with Crippen LogP contribution in [0.2, 0.25) is 0 Å². The van der Waals surface area contributed by atoms with E-state index in [0.29, 0.717) is 16.0 Å². The molecule has 6 nitrogen and oxygen atoms in total. The van der Waals surface area contributed by atoms with Crippen molar-refractivity contribution in [1.29, 1.82) is 0 Å². The third-order valence-corrected chi connectivity index (χ3v) is 5.26. The van der Waals surface area contributed by atoms with Gasteiger partial charge in [-0.15, -0.1) is 0 Å². The van der Waals surface area contributed by atoms with Crippen LogP contribution in [0.1, 0.15) is 0 Å². The molecule has 0 radical (unpaired) electrons. The zero-order valence-corrected chi connectivity index (χ0v) is 13.6. The molecule has 0 saturated carbocycles. The van der Waals surface area contributed by atoms with Gasteiger partial charge in [0.2, 0.25) is 0 Å². The second-order valence-electron chi connectivity index (χ2n) is 4.39. The smallest absolute Gasteiger partial charge is 0.263 e. The molecule has 0 aliphatic carbocycles. The molecule has 0 aliphatic rings. The molecule has 22 heavy (non-hydrogen) atoms. The Kier molecular flexibility index (Phi) is 3.95. The first kappa shape index (κ1) is 14.7. The molecule has 1 aromatic carbocycles. The first-order valence-electron chi connectivity index (χ1n) is 6.30. The van der Waals surface area contributed by atoms with E-state index in [4.69, 9.17) is 0 Å². The molecular weight excluding hydrogens is 368 g/mol. The van der Waals surface area contributed by atoms with Crippen molar-refractivity contribution in [2.45, 2.75) is 4.90 Å². The fraction of sp³-hybridized carbons (Fsp3) is 0. The molecule has 3 rings (SSSR count). The van der Waals surface area contributed by atoms with Crippen LogP contribution in [0.4, 0.5) is 5.69 Å². The lowest BCUT2D eigenvalue weighted by molar-refractivity contribution is 0.600. The number of hydrogen-bond donors (Lipinski definition) is 1. The van der Waals surface area contributed by atoms with Crippen molar-refractivity contribution in [1.82, 2.24) is 14.8 Å². The summed E-state index contributed by atoms with van der Waals surface area (Å²) in [5.41, 5.74) is 0.381. The van der Waals surface area contributed by atoms with E-state index in [2.05, 4.69) is 30.7 Å². The number of halogens is 1. The van der Waals surface area contributed by atoms with Gasteiger partial charge in [0.05, 0.1) is 11.9 Å². The molecule has 2 heterocycles. The SMILES string of the molecule is O=S(=O)(Nc1ccc(-n2cccn2)nc1)c1ccccc1Br. The predicted molar refractivity (Wildman–Crippen MR) is 86.3 cm³/mol. The number of nitrogens with one attached hydrogen (secondary N) is 1. The van der Waals surface area contributed by atoms with Crippen molar-refractivity contribution >= 4 is 31.6 Å². The molecule has 8 heteroatoms. The van der Waals surface area contributed by atoms with E-state index in [9.17, 15) is 8.42 Å². The van der Waals surface area contributed by atoms with Crippen molar-refractivity contribution in [3.8, 4) is 5.82 Å². The van der Waals surface area contributed by atoms with Gasteiger partial charge in [-0.1, -0.05) is 12.1 Å². The molecule has 0 bridgehead atoms. The minimum Gasteiger partial charge on any atom is -0.278 e.